The Labute approximate surface area is 90.1 Å². The van der Waals surface area contributed by atoms with Gasteiger partial charge in [-0.15, -0.1) is 5.10 Å². The summed E-state index contributed by atoms with van der Waals surface area (Å²) in [5.74, 6) is 0.823. The van der Waals surface area contributed by atoms with Crippen molar-refractivity contribution in [3.8, 4) is 0 Å². The average molecular weight is 207 g/mol. The molecular weight excluding hydrogens is 190 g/mol. The highest BCUT2D eigenvalue weighted by molar-refractivity contribution is 5.34. The minimum absolute atomic E-state index is 0.296. The quantitative estimate of drug-likeness (QED) is 0.820. The largest absolute Gasteiger partial charge is 0.376 e. The zero-order valence-corrected chi connectivity index (χ0v) is 9.23. The summed E-state index contributed by atoms with van der Waals surface area (Å²) < 4.78 is 5.60. The smallest absolute Gasteiger partial charge is 0.148 e. The van der Waals surface area contributed by atoms with Crippen LogP contribution in [0.3, 0.4) is 0 Å². The van der Waals surface area contributed by atoms with Gasteiger partial charge in [-0.1, -0.05) is 0 Å². The number of aromatic nitrogens is 2. The number of hydrogen-bond acceptors (Lipinski definition) is 4. The van der Waals surface area contributed by atoms with E-state index in [4.69, 9.17) is 4.74 Å². The van der Waals surface area contributed by atoms with Crippen LogP contribution in [-0.2, 0) is 4.74 Å². The highest BCUT2D eigenvalue weighted by Crippen LogP contribution is 2.17. The summed E-state index contributed by atoms with van der Waals surface area (Å²) in [5, 5.41) is 11.4. The van der Waals surface area contributed by atoms with Crippen molar-refractivity contribution in [1.29, 1.82) is 0 Å². The normalized spacial score (nSPS) is 22.7. The van der Waals surface area contributed by atoms with Crippen molar-refractivity contribution >= 4 is 5.82 Å². The summed E-state index contributed by atoms with van der Waals surface area (Å²) in [6, 6.07) is 4.20. The molecule has 4 nitrogen and oxygen atoms in total. The zero-order chi connectivity index (χ0) is 10.7. The molecule has 0 radical (unpaired) electrons. The maximum absolute atomic E-state index is 5.60. The zero-order valence-electron chi connectivity index (χ0n) is 9.23. The molecule has 82 valence electrons. The first-order chi connectivity index (χ1) is 7.25. The second kappa shape index (κ2) is 4.57. The maximum atomic E-state index is 5.60. The molecule has 0 amide bonds. The molecule has 1 aromatic heterocycles. The Kier molecular flexibility index (Phi) is 3.16. The molecular formula is C11H17N3O. The maximum Gasteiger partial charge on any atom is 0.148 e. The molecule has 0 saturated carbocycles. The van der Waals surface area contributed by atoms with Crippen molar-refractivity contribution in [3.05, 3.63) is 17.8 Å². The predicted octanol–water partition coefficient (Wildman–Crippen LogP) is 1.76. The van der Waals surface area contributed by atoms with E-state index in [2.05, 4.69) is 22.4 Å². The molecule has 1 aromatic rings. The van der Waals surface area contributed by atoms with Crippen molar-refractivity contribution in [3.63, 3.8) is 0 Å². The van der Waals surface area contributed by atoms with Crippen molar-refractivity contribution < 1.29 is 4.74 Å². The molecule has 0 spiro atoms. The third kappa shape index (κ3) is 2.65. The number of rotatable bonds is 3. The fraction of sp³-hybridized carbons (Fsp3) is 0.636. The number of nitrogens with one attached hydrogen (secondary N) is 1. The first-order valence-corrected chi connectivity index (χ1v) is 5.44. The molecule has 2 rings (SSSR count). The molecule has 1 N–H and O–H groups in total. The summed E-state index contributed by atoms with van der Waals surface area (Å²) in [6.07, 6.45) is 2.61. The van der Waals surface area contributed by atoms with E-state index in [1.807, 2.05) is 19.1 Å². The van der Waals surface area contributed by atoms with Gasteiger partial charge in [-0.3, -0.25) is 0 Å². The molecule has 1 aliphatic heterocycles. The van der Waals surface area contributed by atoms with Gasteiger partial charge in [0.15, 0.2) is 0 Å². The molecule has 2 heterocycles. The van der Waals surface area contributed by atoms with Gasteiger partial charge in [-0.25, -0.2) is 0 Å². The number of aryl methyl sites for hydroxylation is 1. The molecule has 2 atom stereocenters. The van der Waals surface area contributed by atoms with Gasteiger partial charge in [0.25, 0.3) is 0 Å². The Morgan fingerprint density at radius 1 is 1.47 bits per heavy atom. The standard InChI is InChI=1S/C11H17N3O/c1-8-5-6-11(14-13-8)12-9(2)10-4-3-7-15-10/h5-6,9-10H,3-4,7H2,1-2H3,(H,12,14). The van der Waals surface area contributed by atoms with Crippen LogP contribution in [0.4, 0.5) is 5.82 Å². The molecule has 15 heavy (non-hydrogen) atoms. The van der Waals surface area contributed by atoms with Crippen LogP contribution >= 0.6 is 0 Å². The summed E-state index contributed by atoms with van der Waals surface area (Å²) in [6.45, 7) is 4.94. The van der Waals surface area contributed by atoms with Gasteiger partial charge in [-0.05, 0) is 38.8 Å². The predicted molar refractivity (Wildman–Crippen MR) is 58.8 cm³/mol. The van der Waals surface area contributed by atoms with Gasteiger partial charge in [0.1, 0.15) is 5.82 Å². The van der Waals surface area contributed by atoms with Crippen LogP contribution in [0.1, 0.15) is 25.5 Å². The van der Waals surface area contributed by atoms with Gasteiger partial charge in [0.2, 0.25) is 0 Å². The monoisotopic (exact) mass is 207 g/mol. The van der Waals surface area contributed by atoms with Gasteiger partial charge in [-0.2, -0.15) is 5.10 Å². The van der Waals surface area contributed by atoms with Crippen molar-refractivity contribution in [2.45, 2.75) is 38.8 Å². The Morgan fingerprint density at radius 2 is 2.33 bits per heavy atom. The lowest BCUT2D eigenvalue weighted by Gasteiger charge is -2.20. The Morgan fingerprint density at radius 3 is 2.93 bits per heavy atom. The van der Waals surface area contributed by atoms with E-state index in [1.54, 1.807) is 0 Å². The molecule has 4 heteroatoms. The lowest BCUT2D eigenvalue weighted by molar-refractivity contribution is 0.0995. The van der Waals surface area contributed by atoms with Gasteiger partial charge >= 0.3 is 0 Å². The van der Waals surface area contributed by atoms with Crippen LogP contribution in [-0.4, -0.2) is 29.0 Å². The number of ether oxygens (including phenoxy) is 1. The van der Waals surface area contributed by atoms with E-state index < -0.39 is 0 Å². The topological polar surface area (TPSA) is 47.0 Å². The minimum Gasteiger partial charge on any atom is -0.376 e. The Balaban J connectivity index is 1.92. The van der Waals surface area contributed by atoms with E-state index in [0.29, 0.717) is 12.1 Å². The van der Waals surface area contributed by atoms with E-state index in [0.717, 1.165) is 31.0 Å². The first kappa shape index (κ1) is 10.4. The fourth-order valence-corrected chi connectivity index (χ4v) is 1.80. The number of anilines is 1. The van der Waals surface area contributed by atoms with Crippen molar-refractivity contribution in [1.82, 2.24) is 10.2 Å². The van der Waals surface area contributed by atoms with Crippen molar-refractivity contribution in [2.75, 3.05) is 11.9 Å². The van der Waals surface area contributed by atoms with Crippen LogP contribution in [0.15, 0.2) is 12.1 Å². The summed E-state index contributed by atoms with van der Waals surface area (Å²) in [4.78, 5) is 0. The highest BCUT2D eigenvalue weighted by Gasteiger charge is 2.22. The van der Waals surface area contributed by atoms with Crippen LogP contribution in [0, 0.1) is 6.92 Å². The molecule has 0 bridgehead atoms. The molecule has 0 aromatic carbocycles. The van der Waals surface area contributed by atoms with Gasteiger partial charge in [0, 0.05) is 6.61 Å². The van der Waals surface area contributed by atoms with Gasteiger partial charge < -0.3 is 10.1 Å². The minimum atomic E-state index is 0.296. The van der Waals surface area contributed by atoms with Crippen LogP contribution in [0.5, 0.6) is 0 Å². The van der Waals surface area contributed by atoms with E-state index in [1.165, 1.54) is 0 Å². The third-order valence-electron chi connectivity index (χ3n) is 2.70. The van der Waals surface area contributed by atoms with E-state index in [-0.39, 0.29) is 0 Å². The van der Waals surface area contributed by atoms with E-state index in [9.17, 15) is 0 Å². The van der Waals surface area contributed by atoms with E-state index >= 15 is 0 Å². The van der Waals surface area contributed by atoms with Gasteiger partial charge in [0.05, 0.1) is 17.8 Å². The van der Waals surface area contributed by atoms with Crippen LogP contribution in [0.2, 0.25) is 0 Å². The lowest BCUT2D eigenvalue weighted by atomic mass is 10.1. The fourth-order valence-electron chi connectivity index (χ4n) is 1.80. The van der Waals surface area contributed by atoms with Crippen LogP contribution < -0.4 is 5.32 Å². The second-order valence-electron chi connectivity index (χ2n) is 4.04. The molecule has 1 aliphatic rings. The lowest BCUT2D eigenvalue weighted by Crippen LogP contribution is -2.30. The molecule has 1 fully saturated rings. The summed E-state index contributed by atoms with van der Waals surface area (Å²) in [7, 11) is 0. The Hall–Kier alpha value is -1.16. The molecule has 1 saturated heterocycles. The highest BCUT2D eigenvalue weighted by atomic mass is 16.5. The molecule has 2 unspecified atom stereocenters. The number of hydrogen-bond donors (Lipinski definition) is 1. The first-order valence-electron chi connectivity index (χ1n) is 5.44. The molecule has 0 aliphatic carbocycles. The Bertz CT molecular complexity index is 306. The average Bonchev–Trinajstić information content (AvgIpc) is 2.74. The number of nitrogens with zero attached hydrogens (tertiary/aromatic N) is 2. The van der Waals surface area contributed by atoms with Crippen LogP contribution in [0.25, 0.3) is 0 Å². The summed E-state index contributed by atoms with van der Waals surface area (Å²) >= 11 is 0. The second-order valence-corrected chi connectivity index (χ2v) is 4.04. The summed E-state index contributed by atoms with van der Waals surface area (Å²) in [5.41, 5.74) is 0.935. The van der Waals surface area contributed by atoms with Crippen molar-refractivity contribution in [2.24, 2.45) is 0 Å². The SMILES string of the molecule is Cc1ccc(NC(C)C2CCCO2)nn1. The third-order valence-corrected chi connectivity index (χ3v) is 2.70.